The maximum atomic E-state index is 10.8. The van der Waals surface area contributed by atoms with Crippen LogP contribution in [0.25, 0.3) is 5.57 Å². The van der Waals surface area contributed by atoms with Gasteiger partial charge in [-0.2, -0.15) is 0 Å². The number of aliphatic carboxylic acids is 1. The molecule has 0 saturated heterocycles. The van der Waals surface area contributed by atoms with Crippen molar-refractivity contribution in [3.63, 3.8) is 0 Å². The summed E-state index contributed by atoms with van der Waals surface area (Å²) in [5.41, 5.74) is 4.54. The lowest BCUT2D eigenvalue weighted by Crippen LogP contribution is -1.93. The number of carboxylic acids is 1. The summed E-state index contributed by atoms with van der Waals surface area (Å²) in [4.78, 5) is 10.8. The first-order valence-electron chi connectivity index (χ1n) is 5.47. The average molecular weight is 216 g/mol. The predicted molar refractivity (Wildman–Crippen MR) is 59.6 cm³/mol. The number of benzene rings is 1. The average Bonchev–Trinajstić information content (AvgIpc) is 2.82. The van der Waals surface area contributed by atoms with Crippen LogP contribution in [-0.2, 0) is 17.6 Å². The molecule has 0 radical (unpaired) electrons. The van der Waals surface area contributed by atoms with E-state index >= 15 is 0 Å². The number of aryl methyl sites for hydroxylation is 1. The van der Waals surface area contributed by atoms with E-state index in [1.165, 1.54) is 17.2 Å². The van der Waals surface area contributed by atoms with Crippen molar-refractivity contribution >= 4 is 11.5 Å². The van der Waals surface area contributed by atoms with Gasteiger partial charge in [-0.3, -0.25) is 0 Å². The van der Waals surface area contributed by atoms with Gasteiger partial charge in [0.05, 0.1) is 6.61 Å². The van der Waals surface area contributed by atoms with Crippen molar-refractivity contribution in [3.8, 4) is 5.75 Å². The van der Waals surface area contributed by atoms with Crippen molar-refractivity contribution in [3.05, 3.63) is 34.9 Å². The van der Waals surface area contributed by atoms with Crippen LogP contribution in [-0.4, -0.2) is 17.7 Å². The quantitative estimate of drug-likeness (QED) is 0.731. The van der Waals surface area contributed by atoms with Gasteiger partial charge in [0.15, 0.2) is 0 Å². The van der Waals surface area contributed by atoms with Crippen LogP contribution in [0.5, 0.6) is 5.75 Å². The minimum Gasteiger partial charge on any atom is -0.493 e. The molecule has 1 aliphatic carbocycles. The Morgan fingerprint density at radius 1 is 1.31 bits per heavy atom. The third-order valence-corrected chi connectivity index (χ3v) is 3.25. The monoisotopic (exact) mass is 216 g/mol. The molecule has 3 heteroatoms. The highest BCUT2D eigenvalue weighted by atomic mass is 16.5. The predicted octanol–water partition coefficient (Wildman–Crippen LogP) is 2.04. The van der Waals surface area contributed by atoms with Crippen LogP contribution in [0.3, 0.4) is 0 Å². The Hall–Kier alpha value is -1.77. The summed E-state index contributed by atoms with van der Waals surface area (Å²) in [5, 5.41) is 8.84. The SMILES string of the molecule is O=C(O)/C=C1\CCc2ccc3c(c21)CCO3. The molecule has 0 unspecified atom stereocenters. The van der Waals surface area contributed by atoms with E-state index in [-0.39, 0.29) is 0 Å². The number of carbonyl (C=O) groups is 1. The van der Waals surface area contributed by atoms with Crippen LogP contribution in [0.15, 0.2) is 18.2 Å². The Balaban J connectivity index is 2.17. The third-order valence-electron chi connectivity index (χ3n) is 3.25. The van der Waals surface area contributed by atoms with E-state index in [2.05, 4.69) is 6.07 Å². The lowest BCUT2D eigenvalue weighted by Gasteiger charge is -2.06. The second-order valence-corrected chi connectivity index (χ2v) is 4.18. The van der Waals surface area contributed by atoms with Gasteiger partial charge in [0, 0.05) is 18.1 Å². The molecule has 1 aromatic rings. The largest absolute Gasteiger partial charge is 0.493 e. The number of rotatable bonds is 1. The number of ether oxygens (including phenoxy) is 1. The maximum Gasteiger partial charge on any atom is 0.328 e. The normalized spacial score (nSPS) is 19.4. The lowest BCUT2D eigenvalue weighted by atomic mass is 9.98. The standard InChI is InChI=1S/C13H12O3/c14-12(15)7-9-2-1-8-3-4-11-10(13(8)9)5-6-16-11/h3-4,7H,1-2,5-6H2,(H,14,15)/b9-7+. The topological polar surface area (TPSA) is 46.5 Å². The smallest absolute Gasteiger partial charge is 0.328 e. The van der Waals surface area contributed by atoms with Gasteiger partial charge < -0.3 is 9.84 Å². The first-order chi connectivity index (χ1) is 7.75. The maximum absolute atomic E-state index is 10.8. The van der Waals surface area contributed by atoms with E-state index in [1.54, 1.807) is 0 Å². The zero-order valence-corrected chi connectivity index (χ0v) is 8.82. The van der Waals surface area contributed by atoms with Gasteiger partial charge in [-0.1, -0.05) is 6.07 Å². The summed E-state index contributed by atoms with van der Waals surface area (Å²) in [6.45, 7) is 0.714. The van der Waals surface area contributed by atoms with Crippen LogP contribution in [0, 0.1) is 0 Å². The molecule has 3 nitrogen and oxygen atoms in total. The van der Waals surface area contributed by atoms with Gasteiger partial charge >= 0.3 is 5.97 Å². The van der Waals surface area contributed by atoms with Gasteiger partial charge in [0.25, 0.3) is 0 Å². The Bertz CT molecular complexity index is 500. The second kappa shape index (κ2) is 3.37. The van der Waals surface area contributed by atoms with Crippen LogP contribution < -0.4 is 4.74 Å². The molecule has 0 aromatic heterocycles. The van der Waals surface area contributed by atoms with Gasteiger partial charge in [-0.05, 0) is 35.6 Å². The molecule has 1 aromatic carbocycles. The second-order valence-electron chi connectivity index (χ2n) is 4.18. The highest BCUT2D eigenvalue weighted by Crippen LogP contribution is 2.41. The number of hydrogen-bond donors (Lipinski definition) is 1. The van der Waals surface area contributed by atoms with Crippen molar-refractivity contribution in [1.82, 2.24) is 0 Å². The summed E-state index contributed by atoms with van der Waals surface area (Å²) >= 11 is 0. The third kappa shape index (κ3) is 1.32. The highest BCUT2D eigenvalue weighted by Gasteiger charge is 2.25. The van der Waals surface area contributed by atoms with Crippen molar-refractivity contribution < 1.29 is 14.6 Å². The van der Waals surface area contributed by atoms with Gasteiger partial charge in [0.1, 0.15) is 5.75 Å². The Kier molecular flexibility index (Phi) is 1.99. The van der Waals surface area contributed by atoms with Crippen molar-refractivity contribution in [1.29, 1.82) is 0 Å². The van der Waals surface area contributed by atoms with Gasteiger partial charge in [0.2, 0.25) is 0 Å². The molecule has 0 fully saturated rings. The first-order valence-corrected chi connectivity index (χ1v) is 5.47. The molecular formula is C13H12O3. The Morgan fingerprint density at radius 2 is 2.19 bits per heavy atom. The number of hydrogen-bond acceptors (Lipinski definition) is 2. The fraction of sp³-hybridized carbons (Fsp3) is 0.308. The molecule has 0 saturated carbocycles. The lowest BCUT2D eigenvalue weighted by molar-refractivity contribution is -0.131. The van der Waals surface area contributed by atoms with E-state index in [4.69, 9.17) is 9.84 Å². The number of allylic oxidation sites excluding steroid dienone is 1. The van der Waals surface area contributed by atoms with Crippen molar-refractivity contribution in [2.45, 2.75) is 19.3 Å². The van der Waals surface area contributed by atoms with Crippen molar-refractivity contribution in [2.75, 3.05) is 6.61 Å². The van der Waals surface area contributed by atoms with E-state index in [0.29, 0.717) is 6.61 Å². The number of fused-ring (bicyclic) bond motifs is 3. The fourth-order valence-electron chi connectivity index (χ4n) is 2.62. The summed E-state index contributed by atoms with van der Waals surface area (Å²) in [6.07, 6.45) is 4.01. The molecule has 0 amide bonds. The molecule has 3 rings (SSSR count). The molecule has 0 atom stereocenters. The molecule has 0 bridgehead atoms. The van der Waals surface area contributed by atoms with Crippen LogP contribution >= 0.6 is 0 Å². The minimum absolute atomic E-state index is 0.714. The first kappa shape index (κ1) is 9.46. The van der Waals surface area contributed by atoms with Crippen LogP contribution in [0.1, 0.15) is 23.1 Å². The van der Waals surface area contributed by atoms with E-state index in [1.807, 2.05) is 6.07 Å². The molecule has 2 aliphatic rings. The van der Waals surface area contributed by atoms with E-state index in [9.17, 15) is 4.79 Å². The fourth-order valence-corrected chi connectivity index (χ4v) is 2.62. The molecule has 16 heavy (non-hydrogen) atoms. The minimum atomic E-state index is -0.862. The van der Waals surface area contributed by atoms with E-state index < -0.39 is 5.97 Å². The Labute approximate surface area is 93.4 Å². The zero-order valence-electron chi connectivity index (χ0n) is 8.82. The summed E-state index contributed by atoms with van der Waals surface area (Å²) in [5.74, 6) is 0.0660. The van der Waals surface area contributed by atoms with Crippen molar-refractivity contribution in [2.24, 2.45) is 0 Å². The highest BCUT2D eigenvalue weighted by molar-refractivity contribution is 5.92. The van der Waals surface area contributed by atoms with Gasteiger partial charge in [-0.15, -0.1) is 0 Å². The van der Waals surface area contributed by atoms with E-state index in [0.717, 1.165) is 36.1 Å². The molecule has 1 N–H and O–H groups in total. The van der Waals surface area contributed by atoms with Gasteiger partial charge in [-0.25, -0.2) is 4.79 Å². The summed E-state index contributed by atoms with van der Waals surface area (Å²) in [7, 11) is 0. The number of carboxylic acid groups (broad SMARTS) is 1. The molecule has 1 heterocycles. The van der Waals surface area contributed by atoms with Crippen LogP contribution in [0.4, 0.5) is 0 Å². The molecular weight excluding hydrogens is 204 g/mol. The van der Waals surface area contributed by atoms with Crippen LogP contribution in [0.2, 0.25) is 0 Å². The molecule has 1 aliphatic heterocycles. The molecule has 82 valence electrons. The molecule has 0 spiro atoms. The zero-order chi connectivity index (χ0) is 11.1. The summed E-state index contributed by atoms with van der Waals surface area (Å²) in [6, 6.07) is 4.06. The Morgan fingerprint density at radius 3 is 3.00 bits per heavy atom. The summed E-state index contributed by atoms with van der Waals surface area (Å²) < 4.78 is 5.50.